The Morgan fingerprint density at radius 1 is 1.18 bits per heavy atom. The Balaban J connectivity index is 1.58. The summed E-state index contributed by atoms with van der Waals surface area (Å²) in [5, 5.41) is 46.2. The predicted octanol–water partition coefficient (Wildman–Crippen LogP) is 0.544. The number of carbonyl (C=O) groups is 4. The molecule has 0 spiro atoms. The molecule has 0 bridgehead atoms. The van der Waals surface area contributed by atoms with E-state index in [1.165, 1.54) is 11.9 Å². The highest BCUT2D eigenvalue weighted by molar-refractivity contribution is 6.22. The number of halogens is 2. The van der Waals surface area contributed by atoms with Crippen LogP contribution in [0.2, 0.25) is 0 Å². The number of benzene rings is 1. The summed E-state index contributed by atoms with van der Waals surface area (Å²) < 4.78 is 28.9. The van der Waals surface area contributed by atoms with Crippen LogP contribution in [0.15, 0.2) is 23.0 Å². The number of nitrogens with one attached hydrogen (secondary N) is 1. The van der Waals surface area contributed by atoms with Crippen molar-refractivity contribution >= 4 is 34.8 Å². The monoisotopic (exact) mass is 533 g/mol. The minimum atomic E-state index is -2.74. The Labute approximate surface area is 214 Å². The summed E-state index contributed by atoms with van der Waals surface area (Å²) >= 11 is 0. The molecule has 1 saturated heterocycles. The maximum atomic E-state index is 15.2. The van der Waals surface area contributed by atoms with Crippen molar-refractivity contribution in [3.05, 3.63) is 39.9 Å². The summed E-state index contributed by atoms with van der Waals surface area (Å²) in [7, 11) is 1.53. The largest absolute Gasteiger partial charge is 0.508 e. The molecule has 13 heteroatoms. The number of carbonyl (C=O) groups excluding carboxylic acids is 4. The van der Waals surface area contributed by atoms with Gasteiger partial charge in [-0.05, 0) is 25.8 Å². The number of alkyl halides is 1. The van der Waals surface area contributed by atoms with Crippen LogP contribution < -0.4 is 11.1 Å². The number of hydrogen-bond acceptors (Lipinski definition) is 9. The first kappa shape index (κ1) is 25.8. The third kappa shape index (κ3) is 3.52. The second-order valence-electron chi connectivity index (χ2n) is 10.3. The van der Waals surface area contributed by atoms with Crippen LogP contribution in [-0.2, 0) is 25.6 Å². The lowest BCUT2D eigenvalue weighted by Gasteiger charge is -2.46. The van der Waals surface area contributed by atoms with Crippen LogP contribution in [0.5, 0.6) is 5.75 Å². The molecule has 1 unspecified atom stereocenters. The molecule has 1 aliphatic heterocycles. The van der Waals surface area contributed by atoms with Crippen LogP contribution >= 0.6 is 0 Å². The molecule has 7 N–H and O–H groups in total. The number of phenols is 1. The Bertz CT molecular complexity index is 1390. The molecule has 1 saturated carbocycles. The van der Waals surface area contributed by atoms with Crippen LogP contribution in [0.1, 0.15) is 30.4 Å². The lowest BCUT2D eigenvalue weighted by atomic mass is 9.59. The fourth-order valence-electron chi connectivity index (χ4n) is 6.20. The van der Waals surface area contributed by atoms with Crippen molar-refractivity contribution in [3.63, 3.8) is 0 Å². The maximum absolute atomic E-state index is 15.2. The molecule has 38 heavy (non-hydrogen) atoms. The van der Waals surface area contributed by atoms with Crippen molar-refractivity contribution in [1.29, 1.82) is 0 Å². The normalized spacial score (nSPS) is 31.2. The molecule has 4 aliphatic rings. The number of rotatable bonds is 3. The molecule has 202 valence electrons. The van der Waals surface area contributed by atoms with Crippen molar-refractivity contribution in [1.82, 2.24) is 4.90 Å². The third-order valence-electron chi connectivity index (χ3n) is 8.07. The van der Waals surface area contributed by atoms with Gasteiger partial charge in [-0.25, -0.2) is 8.78 Å². The number of ketones is 2. The number of fused-ring (bicyclic) bond motifs is 3. The Hall–Kier alpha value is -3.84. The van der Waals surface area contributed by atoms with Crippen LogP contribution in [0.4, 0.5) is 14.5 Å². The highest BCUT2D eigenvalue weighted by atomic mass is 19.1. The number of nitrogens with two attached hydrogens (primary N) is 1. The maximum Gasteiger partial charge on any atom is 0.255 e. The number of anilines is 1. The SMILES string of the molecule is CN1C[C@H](F)C[C@H]1C(=O)Nc1cc(F)c2c(c1O)C(O)=C1C(=O)[C@]3(O)C(O)=C(C(N)=O)C(=O)C[C@@H]3CC1C2. The van der Waals surface area contributed by atoms with E-state index in [1.807, 2.05) is 0 Å². The minimum absolute atomic E-state index is 0.0211. The van der Waals surface area contributed by atoms with Crippen molar-refractivity contribution < 1.29 is 48.4 Å². The smallest absolute Gasteiger partial charge is 0.255 e. The van der Waals surface area contributed by atoms with Crippen LogP contribution in [0, 0.1) is 17.7 Å². The van der Waals surface area contributed by atoms with Gasteiger partial charge in [0.25, 0.3) is 5.91 Å². The number of amides is 2. The molecule has 0 aromatic heterocycles. The van der Waals surface area contributed by atoms with Gasteiger partial charge in [0.05, 0.1) is 17.3 Å². The molecule has 1 aromatic rings. The number of hydrogen-bond donors (Lipinski definition) is 6. The predicted molar refractivity (Wildman–Crippen MR) is 126 cm³/mol. The van der Waals surface area contributed by atoms with Crippen molar-refractivity contribution in [3.8, 4) is 5.75 Å². The van der Waals surface area contributed by atoms with Gasteiger partial charge in [0.2, 0.25) is 11.7 Å². The van der Waals surface area contributed by atoms with Gasteiger partial charge in [-0.1, -0.05) is 0 Å². The lowest BCUT2D eigenvalue weighted by Crippen LogP contribution is -2.58. The Kier molecular flexibility index (Phi) is 5.84. The fourth-order valence-corrected chi connectivity index (χ4v) is 6.20. The van der Waals surface area contributed by atoms with E-state index in [1.54, 1.807) is 0 Å². The Morgan fingerprint density at radius 3 is 2.47 bits per heavy atom. The second kappa shape index (κ2) is 8.60. The Morgan fingerprint density at radius 2 is 1.87 bits per heavy atom. The minimum Gasteiger partial charge on any atom is -0.508 e. The summed E-state index contributed by atoms with van der Waals surface area (Å²) in [4.78, 5) is 51.8. The molecular weight excluding hydrogens is 508 g/mol. The molecule has 3 aliphatic carbocycles. The van der Waals surface area contributed by atoms with Crippen molar-refractivity contribution in [2.24, 2.45) is 17.6 Å². The summed E-state index contributed by atoms with van der Waals surface area (Å²) in [6.07, 6.45) is -2.18. The molecule has 0 radical (unpaired) electrons. The van der Waals surface area contributed by atoms with E-state index in [9.17, 15) is 44.0 Å². The van der Waals surface area contributed by atoms with Gasteiger partial charge in [-0.15, -0.1) is 0 Å². The highest BCUT2D eigenvalue weighted by Crippen LogP contribution is 2.53. The van der Waals surface area contributed by atoms with E-state index in [0.29, 0.717) is 0 Å². The van der Waals surface area contributed by atoms with Gasteiger partial charge in [-0.2, -0.15) is 0 Å². The average molecular weight is 533 g/mol. The van der Waals surface area contributed by atoms with Gasteiger partial charge < -0.3 is 31.5 Å². The molecule has 5 rings (SSSR count). The van der Waals surface area contributed by atoms with Gasteiger partial charge in [0, 0.05) is 42.5 Å². The number of nitrogens with zero attached hydrogens (tertiary/aromatic N) is 1. The van der Waals surface area contributed by atoms with Gasteiger partial charge in [0.1, 0.15) is 29.1 Å². The summed E-state index contributed by atoms with van der Waals surface area (Å²) in [6.45, 7) is 0.0211. The van der Waals surface area contributed by atoms with Crippen LogP contribution in [0.3, 0.4) is 0 Å². The second-order valence-corrected chi connectivity index (χ2v) is 10.3. The molecular formula is C25H25F2N3O8. The average Bonchev–Trinajstić information content (AvgIpc) is 3.17. The number of likely N-dealkylation sites (N-methyl/N-ethyl adjacent to an activating group) is 1. The van der Waals surface area contributed by atoms with Gasteiger partial charge in [0.15, 0.2) is 17.1 Å². The third-order valence-corrected chi connectivity index (χ3v) is 8.07. The zero-order valence-corrected chi connectivity index (χ0v) is 20.1. The van der Waals surface area contributed by atoms with E-state index in [-0.39, 0.29) is 31.4 Å². The fraction of sp³-hybridized carbons (Fsp3) is 0.440. The van der Waals surface area contributed by atoms with E-state index in [4.69, 9.17) is 5.73 Å². The standard InChI is InChI=1S/C25H25F2N3O8/c1-30-7-10(26)5-14(30)24(37)29-13-6-12(27)11-3-8-2-9-4-15(31)18(23(28)36)22(35)25(9,38)21(34)16(8)20(33)17(11)19(13)32/h6,8-10,14,32-33,35,38H,2-5,7H2,1H3,(H2,28,36)(H,29,37)/t8?,9-,10+,14-,25-/m0/s1. The van der Waals surface area contributed by atoms with Crippen molar-refractivity contribution in [2.75, 3.05) is 18.9 Å². The molecule has 1 heterocycles. The quantitative estimate of drug-likeness (QED) is 0.238. The molecule has 2 fully saturated rings. The lowest BCUT2D eigenvalue weighted by molar-refractivity contribution is -0.147. The number of Topliss-reactive ketones (excluding diaryl/α,β-unsaturated/α-hetero) is 2. The van der Waals surface area contributed by atoms with E-state index in [0.717, 1.165) is 6.07 Å². The zero-order valence-electron chi connectivity index (χ0n) is 20.1. The number of aliphatic hydroxyl groups excluding tert-OH is 2. The van der Waals surface area contributed by atoms with Gasteiger partial charge >= 0.3 is 0 Å². The first-order chi connectivity index (χ1) is 17.8. The van der Waals surface area contributed by atoms with Crippen LogP contribution in [-0.4, -0.2) is 80.1 Å². The summed E-state index contributed by atoms with van der Waals surface area (Å²) in [5.41, 5.74) is -0.0145. The molecule has 1 aromatic carbocycles. The molecule has 11 nitrogen and oxygen atoms in total. The zero-order chi connectivity index (χ0) is 27.8. The van der Waals surface area contributed by atoms with E-state index in [2.05, 4.69) is 5.32 Å². The van der Waals surface area contributed by atoms with Crippen molar-refractivity contribution in [2.45, 2.75) is 43.5 Å². The summed E-state index contributed by atoms with van der Waals surface area (Å²) in [6, 6.07) is -0.0282. The topological polar surface area (TPSA) is 190 Å². The van der Waals surface area contributed by atoms with Crippen LogP contribution in [0.25, 0.3) is 5.76 Å². The van der Waals surface area contributed by atoms with E-state index >= 15 is 4.39 Å². The number of aliphatic hydroxyl groups is 3. The highest BCUT2D eigenvalue weighted by Gasteiger charge is 2.60. The molecule has 5 atom stereocenters. The summed E-state index contributed by atoms with van der Waals surface area (Å²) in [5.74, 6) is -9.96. The molecule has 2 amide bonds. The first-order valence-electron chi connectivity index (χ1n) is 11.9. The number of likely N-dealkylation sites (tertiary alicyclic amines) is 1. The first-order valence-corrected chi connectivity index (χ1v) is 11.9. The number of phenolic OH excluding ortho intramolecular Hbond substituents is 1. The van der Waals surface area contributed by atoms with Gasteiger partial charge in [-0.3, -0.25) is 24.1 Å². The number of aromatic hydroxyl groups is 1. The number of primary amides is 1. The van der Waals surface area contributed by atoms with E-state index < -0.39 is 105 Å².